The highest BCUT2D eigenvalue weighted by Gasteiger charge is 2.25. The molecule has 1 amide bonds. The predicted molar refractivity (Wildman–Crippen MR) is 127 cm³/mol. The average molecular weight is 466 g/mol. The van der Waals surface area contributed by atoms with Crippen molar-refractivity contribution in [3.8, 4) is 11.3 Å². The second kappa shape index (κ2) is 10.8. The van der Waals surface area contributed by atoms with Crippen molar-refractivity contribution in [2.75, 3.05) is 6.54 Å². The molecule has 0 fully saturated rings. The molecule has 0 radical (unpaired) electrons. The van der Waals surface area contributed by atoms with E-state index in [0.29, 0.717) is 5.56 Å². The van der Waals surface area contributed by atoms with Crippen LogP contribution in [0.2, 0.25) is 0 Å². The number of aliphatic hydroxyl groups excluding tert-OH is 1. The second-order valence-corrected chi connectivity index (χ2v) is 8.84. The quantitative estimate of drug-likeness (QED) is 0.468. The van der Waals surface area contributed by atoms with Gasteiger partial charge in [-0.15, -0.1) is 0 Å². The Bertz CT molecular complexity index is 1120. The molecule has 1 heterocycles. The SMILES string of the molecule is CC(=O)NC(Cc1cc(F)cc(F)c1)C(O)CNC1CCCc2ccc(-c3ccccn3)cc21. The first-order valence-electron chi connectivity index (χ1n) is 11.6. The van der Waals surface area contributed by atoms with E-state index in [1.807, 2.05) is 18.2 Å². The van der Waals surface area contributed by atoms with Crippen LogP contribution in [0, 0.1) is 11.6 Å². The number of fused-ring (bicyclic) bond motifs is 1. The van der Waals surface area contributed by atoms with E-state index in [4.69, 9.17) is 0 Å². The minimum Gasteiger partial charge on any atom is -0.390 e. The normalized spacial score (nSPS) is 17.0. The summed E-state index contributed by atoms with van der Waals surface area (Å²) in [4.78, 5) is 16.2. The summed E-state index contributed by atoms with van der Waals surface area (Å²) in [7, 11) is 0. The third kappa shape index (κ3) is 6.04. The molecule has 0 saturated heterocycles. The van der Waals surface area contributed by atoms with Gasteiger partial charge >= 0.3 is 0 Å². The molecule has 5 nitrogen and oxygen atoms in total. The van der Waals surface area contributed by atoms with Crippen molar-refractivity contribution in [1.82, 2.24) is 15.6 Å². The number of nitrogens with zero attached hydrogens (tertiary/aromatic N) is 1. The van der Waals surface area contributed by atoms with Gasteiger partial charge in [-0.2, -0.15) is 0 Å². The summed E-state index contributed by atoms with van der Waals surface area (Å²) in [5.41, 5.74) is 4.77. The number of rotatable bonds is 8. The van der Waals surface area contributed by atoms with Crippen LogP contribution in [0.25, 0.3) is 11.3 Å². The number of carbonyl (C=O) groups is 1. The predicted octanol–water partition coefficient (Wildman–Crippen LogP) is 4.10. The minimum absolute atomic E-state index is 0.0478. The molecule has 0 spiro atoms. The van der Waals surface area contributed by atoms with Gasteiger partial charge in [-0.25, -0.2) is 8.78 Å². The van der Waals surface area contributed by atoms with Crippen LogP contribution < -0.4 is 10.6 Å². The first kappa shape index (κ1) is 24.0. The van der Waals surface area contributed by atoms with Gasteiger partial charge in [0.25, 0.3) is 0 Å². The average Bonchev–Trinajstić information content (AvgIpc) is 2.81. The summed E-state index contributed by atoms with van der Waals surface area (Å²) in [5.74, 6) is -1.69. The van der Waals surface area contributed by atoms with Crippen LogP contribution in [0.4, 0.5) is 8.78 Å². The lowest BCUT2D eigenvalue weighted by atomic mass is 9.86. The highest BCUT2D eigenvalue weighted by atomic mass is 19.1. The summed E-state index contributed by atoms with van der Waals surface area (Å²) < 4.78 is 27.2. The van der Waals surface area contributed by atoms with Gasteiger partial charge < -0.3 is 15.7 Å². The molecule has 178 valence electrons. The molecule has 1 aliphatic rings. The fourth-order valence-electron chi connectivity index (χ4n) is 4.64. The van der Waals surface area contributed by atoms with Crippen LogP contribution in [-0.2, 0) is 17.6 Å². The van der Waals surface area contributed by atoms with Gasteiger partial charge in [-0.05, 0) is 72.7 Å². The van der Waals surface area contributed by atoms with Crippen molar-refractivity contribution in [2.45, 2.75) is 50.8 Å². The van der Waals surface area contributed by atoms with Crippen LogP contribution in [-0.4, -0.2) is 34.7 Å². The number of nitrogens with one attached hydrogen (secondary N) is 2. The zero-order valence-electron chi connectivity index (χ0n) is 19.1. The second-order valence-electron chi connectivity index (χ2n) is 8.84. The summed E-state index contributed by atoms with van der Waals surface area (Å²) in [6.07, 6.45) is 3.89. The molecule has 34 heavy (non-hydrogen) atoms. The molecule has 4 rings (SSSR count). The Balaban J connectivity index is 1.48. The molecule has 2 aromatic carbocycles. The number of halogens is 2. The highest BCUT2D eigenvalue weighted by Crippen LogP contribution is 2.33. The lowest BCUT2D eigenvalue weighted by Crippen LogP contribution is -2.48. The molecule has 3 unspecified atom stereocenters. The van der Waals surface area contributed by atoms with E-state index in [2.05, 4.69) is 33.8 Å². The molecule has 3 N–H and O–H groups in total. The molecule has 7 heteroatoms. The summed E-state index contributed by atoms with van der Waals surface area (Å²) in [6.45, 7) is 1.58. The lowest BCUT2D eigenvalue weighted by Gasteiger charge is -2.30. The van der Waals surface area contributed by atoms with Crippen molar-refractivity contribution in [3.05, 3.63) is 89.1 Å². The van der Waals surface area contributed by atoms with E-state index in [-0.39, 0.29) is 24.9 Å². The number of amides is 1. The summed E-state index contributed by atoms with van der Waals surface area (Å²) in [5, 5.41) is 17.1. The maximum absolute atomic E-state index is 13.6. The zero-order valence-corrected chi connectivity index (χ0v) is 19.1. The molecule has 0 saturated carbocycles. The van der Waals surface area contributed by atoms with E-state index in [9.17, 15) is 18.7 Å². The van der Waals surface area contributed by atoms with Crippen molar-refractivity contribution in [3.63, 3.8) is 0 Å². The lowest BCUT2D eigenvalue weighted by molar-refractivity contribution is -0.120. The van der Waals surface area contributed by atoms with Crippen molar-refractivity contribution in [2.24, 2.45) is 0 Å². The van der Waals surface area contributed by atoms with E-state index in [1.165, 1.54) is 30.2 Å². The van der Waals surface area contributed by atoms with Crippen molar-refractivity contribution < 1.29 is 18.7 Å². The van der Waals surface area contributed by atoms with Gasteiger partial charge in [-0.3, -0.25) is 9.78 Å². The number of carbonyl (C=O) groups excluding carboxylic acids is 1. The Morgan fingerprint density at radius 3 is 2.65 bits per heavy atom. The number of aliphatic hydroxyl groups is 1. The fourth-order valence-corrected chi connectivity index (χ4v) is 4.64. The highest BCUT2D eigenvalue weighted by molar-refractivity contribution is 5.73. The zero-order chi connectivity index (χ0) is 24.1. The van der Waals surface area contributed by atoms with Crippen LogP contribution in [0.3, 0.4) is 0 Å². The molecule has 3 aromatic rings. The van der Waals surface area contributed by atoms with E-state index in [0.717, 1.165) is 36.6 Å². The third-order valence-electron chi connectivity index (χ3n) is 6.23. The first-order valence-corrected chi connectivity index (χ1v) is 11.6. The largest absolute Gasteiger partial charge is 0.390 e. The van der Waals surface area contributed by atoms with Gasteiger partial charge in [0.1, 0.15) is 11.6 Å². The minimum atomic E-state index is -0.945. The van der Waals surface area contributed by atoms with Gasteiger partial charge in [0.2, 0.25) is 5.91 Å². The molecule has 0 aliphatic heterocycles. The number of hydrogen-bond acceptors (Lipinski definition) is 4. The molecule has 0 bridgehead atoms. The topological polar surface area (TPSA) is 74.2 Å². The van der Waals surface area contributed by atoms with Crippen LogP contribution in [0.1, 0.15) is 42.5 Å². The Labute approximate surface area is 198 Å². The number of aromatic nitrogens is 1. The Kier molecular flexibility index (Phi) is 7.65. The van der Waals surface area contributed by atoms with Gasteiger partial charge in [0, 0.05) is 37.3 Å². The molecule has 1 aliphatic carbocycles. The molecule has 3 atom stereocenters. The van der Waals surface area contributed by atoms with Crippen LogP contribution in [0.15, 0.2) is 60.8 Å². The van der Waals surface area contributed by atoms with E-state index >= 15 is 0 Å². The molecule has 1 aromatic heterocycles. The Hall–Kier alpha value is -3.16. The number of aryl methyl sites for hydroxylation is 1. The summed E-state index contributed by atoms with van der Waals surface area (Å²) in [6, 6.07) is 14.8. The standard InChI is InChI=1S/C27H29F2N3O2/c1-17(33)32-26(13-18-11-21(28)15-22(29)12-18)27(34)16-31-25-7-4-5-19-8-9-20(14-23(19)25)24-6-2-3-10-30-24/h2-3,6,8-12,14-15,25-27,31,34H,4-5,7,13,16H2,1H3,(H,32,33). The van der Waals surface area contributed by atoms with E-state index < -0.39 is 23.8 Å². The Morgan fingerprint density at radius 2 is 1.94 bits per heavy atom. The molecular formula is C27H29F2N3O2. The van der Waals surface area contributed by atoms with Crippen molar-refractivity contribution in [1.29, 1.82) is 0 Å². The van der Waals surface area contributed by atoms with Gasteiger partial charge in [0.15, 0.2) is 0 Å². The third-order valence-corrected chi connectivity index (χ3v) is 6.23. The first-order chi connectivity index (χ1) is 16.4. The van der Waals surface area contributed by atoms with Gasteiger partial charge in [0.05, 0.1) is 17.8 Å². The van der Waals surface area contributed by atoms with E-state index in [1.54, 1.807) is 6.20 Å². The maximum atomic E-state index is 13.6. The smallest absolute Gasteiger partial charge is 0.217 e. The van der Waals surface area contributed by atoms with Crippen LogP contribution in [0.5, 0.6) is 0 Å². The van der Waals surface area contributed by atoms with Crippen molar-refractivity contribution >= 4 is 5.91 Å². The fraction of sp³-hybridized carbons (Fsp3) is 0.333. The number of pyridine rings is 1. The van der Waals surface area contributed by atoms with Gasteiger partial charge in [-0.1, -0.05) is 18.2 Å². The molecular weight excluding hydrogens is 436 g/mol. The maximum Gasteiger partial charge on any atom is 0.217 e. The summed E-state index contributed by atoms with van der Waals surface area (Å²) >= 11 is 0. The number of hydrogen-bond donors (Lipinski definition) is 3. The number of benzene rings is 2. The monoisotopic (exact) mass is 465 g/mol. The Morgan fingerprint density at radius 1 is 1.15 bits per heavy atom. The van der Waals surface area contributed by atoms with Crippen LogP contribution >= 0.6 is 0 Å².